The molecule has 5 amide bonds. The van der Waals surface area contributed by atoms with Crippen LogP contribution in [0.4, 0.5) is 4.79 Å². The van der Waals surface area contributed by atoms with Crippen molar-refractivity contribution in [1.29, 1.82) is 0 Å². The summed E-state index contributed by atoms with van der Waals surface area (Å²) in [4.78, 5) is 68.2. The molecule has 8 rings (SSSR count). The van der Waals surface area contributed by atoms with Crippen LogP contribution in [0.25, 0.3) is 21.6 Å². The first-order valence-corrected chi connectivity index (χ1v) is 21.4. The molecule has 2 aliphatic carbocycles. The third kappa shape index (κ3) is 7.44. The molecule has 2 aliphatic heterocycles. The number of ether oxygens (including phenoxy) is 1. The maximum absolute atomic E-state index is 14.5. The van der Waals surface area contributed by atoms with Crippen LogP contribution in [0.2, 0.25) is 0 Å². The van der Waals surface area contributed by atoms with Crippen LogP contribution in [0, 0.1) is 5.92 Å². The molecule has 54 heavy (non-hydrogen) atoms. The topological polar surface area (TPSA) is 180 Å². The lowest BCUT2D eigenvalue weighted by Gasteiger charge is -2.32. The molecule has 3 fully saturated rings. The number of hydrogen-bond acceptors (Lipinski definition) is 11. The van der Waals surface area contributed by atoms with E-state index >= 15 is 0 Å². The van der Waals surface area contributed by atoms with E-state index in [1.807, 2.05) is 53.9 Å². The number of rotatable bonds is 8. The Bertz CT molecular complexity index is 2210. The maximum Gasteiger partial charge on any atom is 0.339 e. The molecule has 0 spiro atoms. The summed E-state index contributed by atoms with van der Waals surface area (Å²) in [5.74, 6) is -2.06. The zero-order valence-electron chi connectivity index (χ0n) is 29.2. The van der Waals surface area contributed by atoms with Crippen LogP contribution >= 0.6 is 22.7 Å². The first-order valence-electron chi connectivity index (χ1n) is 18.1. The summed E-state index contributed by atoms with van der Waals surface area (Å²) in [6, 6.07) is 12.9. The van der Waals surface area contributed by atoms with Crippen LogP contribution in [0.15, 0.2) is 71.4 Å². The van der Waals surface area contributed by atoms with E-state index in [2.05, 4.69) is 15.5 Å². The summed E-state index contributed by atoms with van der Waals surface area (Å²) in [5, 5.41) is 7.20. The van der Waals surface area contributed by atoms with Gasteiger partial charge in [-0.05, 0) is 73.6 Å². The Morgan fingerprint density at radius 1 is 0.963 bits per heavy atom. The summed E-state index contributed by atoms with van der Waals surface area (Å²) in [7, 11) is -3.89. The average Bonchev–Trinajstić information content (AvgIpc) is 3.87. The number of sulfonamides is 1. The highest BCUT2D eigenvalue weighted by Crippen LogP contribution is 2.46. The molecule has 5 heterocycles. The number of hydrogen-bond donors (Lipinski definition) is 3. The van der Waals surface area contributed by atoms with Crippen molar-refractivity contribution in [2.24, 2.45) is 5.92 Å². The average molecular weight is 790 g/mol. The normalized spacial score (nSPS) is 25.4. The number of nitrogens with one attached hydrogen (secondary N) is 3. The number of benzene rings is 1. The molecule has 0 bridgehead atoms. The minimum absolute atomic E-state index is 0.0290. The molecule has 14 nitrogen and oxygen atoms in total. The van der Waals surface area contributed by atoms with Crippen molar-refractivity contribution in [3.63, 3.8) is 0 Å². The third-order valence-corrected chi connectivity index (χ3v) is 13.7. The van der Waals surface area contributed by atoms with Crippen molar-refractivity contribution in [2.45, 2.75) is 74.3 Å². The third-order valence-electron chi connectivity index (χ3n) is 10.2. The fourth-order valence-corrected chi connectivity index (χ4v) is 9.70. The SMILES string of the molecule is O=C(NN1CCCCC/C=C\[C@@H]2C[C@]2(C(=O)NS(=O)(=O)C2CC2)NC(=O)[C@@H]2C[C@@H](Oc3nc4ccccc4nc3-c3cccs3)CN2C1=O)c1cccs1. The second kappa shape index (κ2) is 14.8. The summed E-state index contributed by atoms with van der Waals surface area (Å²) in [6.45, 7) is 0.155. The molecule has 0 unspecified atom stereocenters. The van der Waals surface area contributed by atoms with Crippen molar-refractivity contribution < 1.29 is 32.3 Å². The fourth-order valence-electron chi connectivity index (χ4n) is 7.02. The second-order valence-electron chi connectivity index (χ2n) is 14.1. The van der Waals surface area contributed by atoms with Gasteiger partial charge in [0.2, 0.25) is 21.8 Å². The number of carbonyl (C=O) groups is 4. The zero-order valence-corrected chi connectivity index (χ0v) is 31.6. The van der Waals surface area contributed by atoms with Crippen LogP contribution in [0.1, 0.15) is 61.0 Å². The minimum Gasteiger partial charge on any atom is -0.471 e. The van der Waals surface area contributed by atoms with Crippen LogP contribution < -0.4 is 20.2 Å². The molecule has 1 saturated heterocycles. The lowest BCUT2D eigenvalue weighted by molar-refractivity contribution is -0.131. The standard InChI is InChI=1S/C37H39N7O7S3/c45-32-28-20-24(51-34-31(29-13-8-18-52-29)38-26-11-5-6-12-27(26)39-34)22-43(28)36(48)44(41-33(46)30-14-9-19-53-30)17-7-3-1-2-4-10-23-21-37(23,40-32)35(47)42-54(49,50)25-15-16-25/h4-6,8-14,18-19,23-25,28H,1-3,7,15-17,20-22H2,(H,40,45)(H,41,46)(H,42,47)/b10-4-/t23-,24-,28+,37+/m1/s1. The Labute approximate surface area is 320 Å². The molecule has 4 aliphatic rings. The molecule has 0 radical (unpaired) electrons. The van der Waals surface area contributed by atoms with Gasteiger partial charge in [-0.1, -0.05) is 42.8 Å². The summed E-state index contributed by atoms with van der Waals surface area (Å²) >= 11 is 2.72. The van der Waals surface area contributed by atoms with E-state index in [0.29, 0.717) is 47.3 Å². The van der Waals surface area contributed by atoms with E-state index < -0.39 is 62.6 Å². The van der Waals surface area contributed by atoms with Crippen molar-refractivity contribution in [3.05, 3.63) is 76.3 Å². The van der Waals surface area contributed by atoms with Gasteiger partial charge >= 0.3 is 6.03 Å². The number of hydrazine groups is 1. The lowest BCUT2D eigenvalue weighted by atomic mass is 10.1. The monoisotopic (exact) mass is 789 g/mol. The van der Waals surface area contributed by atoms with Crippen molar-refractivity contribution in [3.8, 4) is 16.5 Å². The molecular formula is C37H39N7O7S3. The molecule has 1 aromatic carbocycles. The number of thiophene rings is 2. The van der Waals surface area contributed by atoms with E-state index in [4.69, 9.17) is 14.7 Å². The number of fused-ring (bicyclic) bond motifs is 3. The zero-order chi connectivity index (χ0) is 37.5. The predicted octanol–water partition coefficient (Wildman–Crippen LogP) is 4.62. The molecule has 4 atom stereocenters. The summed E-state index contributed by atoms with van der Waals surface area (Å²) < 4.78 is 34.5. The van der Waals surface area contributed by atoms with Crippen LogP contribution in [-0.4, -0.2) is 88.1 Å². The van der Waals surface area contributed by atoms with Gasteiger partial charge in [0.1, 0.15) is 23.4 Å². The van der Waals surface area contributed by atoms with Crippen molar-refractivity contribution in [2.75, 3.05) is 13.1 Å². The number of urea groups is 1. The molecule has 3 aromatic heterocycles. The number of amides is 5. The molecule has 282 valence electrons. The molecule has 4 aromatic rings. The molecule has 3 N–H and O–H groups in total. The van der Waals surface area contributed by atoms with Gasteiger partial charge in [0.25, 0.3) is 11.8 Å². The van der Waals surface area contributed by atoms with E-state index in [1.165, 1.54) is 32.6 Å². The van der Waals surface area contributed by atoms with Crippen LogP contribution in [0.3, 0.4) is 0 Å². The molecule has 17 heteroatoms. The highest BCUT2D eigenvalue weighted by Gasteiger charge is 2.62. The van der Waals surface area contributed by atoms with Gasteiger partial charge in [-0.15, -0.1) is 22.7 Å². The Balaban J connectivity index is 1.12. The van der Waals surface area contributed by atoms with E-state index in [9.17, 15) is 27.6 Å². The molecular weight excluding hydrogens is 751 g/mol. The Morgan fingerprint density at radius 2 is 1.74 bits per heavy atom. The molecule has 2 saturated carbocycles. The first kappa shape index (κ1) is 36.1. The van der Waals surface area contributed by atoms with Gasteiger partial charge in [0.15, 0.2) is 0 Å². The van der Waals surface area contributed by atoms with E-state index in [1.54, 1.807) is 17.5 Å². The van der Waals surface area contributed by atoms with Gasteiger partial charge in [0, 0.05) is 18.9 Å². The van der Waals surface area contributed by atoms with E-state index in [-0.39, 0.29) is 31.8 Å². The summed E-state index contributed by atoms with van der Waals surface area (Å²) in [6.07, 6.45) is 7.07. The van der Waals surface area contributed by atoms with E-state index in [0.717, 1.165) is 17.7 Å². The Morgan fingerprint density at radius 3 is 2.48 bits per heavy atom. The van der Waals surface area contributed by atoms with Crippen LogP contribution in [-0.2, 0) is 19.6 Å². The van der Waals surface area contributed by atoms with Crippen molar-refractivity contribution >= 4 is 67.5 Å². The number of para-hydroxylation sites is 2. The van der Waals surface area contributed by atoms with Crippen LogP contribution in [0.5, 0.6) is 5.88 Å². The maximum atomic E-state index is 14.5. The van der Waals surface area contributed by atoms with Gasteiger partial charge in [-0.25, -0.2) is 28.2 Å². The predicted molar refractivity (Wildman–Crippen MR) is 203 cm³/mol. The first-order chi connectivity index (χ1) is 26.1. The highest BCUT2D eigenvalue weighted by molar-refractivity contribution is 7.91. The fraction of sp³-hybridized carbons (Fsp3) is 0.405. The smallest absolute Gasteiger partial charge is 0.339 e. The highest BCUT2D eigenvalue weighted by atomic mass is 32.2. The van der Waals surface area contributed by atoms with Gasteiger partial charge in [0.05, 0.1) is 32.6 Å². The Kier molecular flexibility index (Phi) is 9.87. The largest absolute Gasteiger partial charge is 0.471 e. The lowest BCUT2D eigenvalue weighted by Crippen LogP contribution is -2.59. The van der Waals surface area contributed by atoms with Gasteiger partial charge < -0.3 is 15.0 Å². The number of carbonyl (C=O) groups excluding carboxylic acids is 4. The number of allylic oxidation sites excluding steroid dienone is 1. The number of nitrogens with zero attached hydrogens (tertiary/aromatic N) is 4. The quantitative estimate of drug-likeness (QED) is 0.215. The Hall–Kier alpha value is -4.87. The minimum atomic E-state index is -3.89. The summed E-state index contributed by atoms with van der Waals surface area (Å²) in [5.41, 5.74) is 3.07. The van der Waals surface area contributed by atoms with Crippen molar-refractivity contribution in [1.82, 2.24) is 35.3 Å². The van der Waals surface area contributed by atoms with Gasteiger partial charge in [-0.3, -0.25) is 24.5 Å². The number of aromatic nitrogens is 2. The van der Waals surface area contributed by atoms with Gasteiger partial charge in [-0.2, -0.15) is 0 Å². The second-order valence-corrected chi connectivity index (χ2v) is 17.9.